The van der Waals surface area contributed by atoms with Crippen LogP contribution >= 0.6 is 11.6 Å². The summed E-state index contributed by atoms with van der Waals surface area (Å²) in [5, 5.41) is 20.5. The molecule has 0 aliphatic carbocycles. The Balaban J connectivity index is 1.32. The normalized spacial score (nSPS) is 11.0. The monoisotopic (exact) mass is 616 g/mol. The van der Waals surface area contributed by atoms with Crippen molar-refractivity contribution in [1.29, 1.82) is 0 Å². The molecule has 14 nitrogen and oxygen atoms in total. The first-order valence-corrected chi connectivity index (χ1v) is 14.2. The maximum absolute atomic E-state index is 12.3. The van der Waals surface area contributed by atoms with E-state index in [9.17, 15) is 14.4 Å². The number of aliphatic carboxylic acids is 1. The second-order valence-corrected chi connectivity index (χ2v) is 10.4. The van der Waals surface area contributed by atoms with Crippen LogP contribution in [0.4, 0.5) is 5.95 Å². The first-order valence-electron chi connectivity index (χ1n) is 13.8. The summed E-state index contributed by atoms with van der Waals surface area (Å²) in [4.78, 5) is 44.8. The van der Waals surface area contributed by atoms with E-state index in [1.54, 1.807) is 10.9 Å². The van der Waals surface area contributed by atoms with E-state index in [4.69, 9.17) is 31.9 Å². The number of ether oxygens (including phenoxy) is 2. The van der Waals surface area contributed by atoms with E-state index >= 15 is 0 Å². The number of rotatable bonds is 18. The van der Waals surface area contributed by atoms with Gasteiger partial charge in [-0.05, 0) is 44.2 Å². The summed E-state index contributed by atoms with van der Waals surface area (Å²) < 4.78 is 12.6. The minimum Gasteiger partial charge on any atom is -0.480 e. The lowest BCUT2D eigenvalue weighted by atomic mass is 10.1. The molecule has 2 amide bonds. The molecule has 0 aliphatic rings. The molecular weight excluding hydrogens is 580 g/mol. The number of carboxylic acid groups (broad SMARTS) is 1. The highest BCUT2D eigenvalue weighted by atomic mass is 35.5. The van der Waals surface area contributed by atoms with E-state index in [-0.39, 0.29) is 61.2 Å². The van der Waals surface area contributed by atoms with Crippen LogP contribution in [-0.2, 0) is 45.2 Å². The number of nitrogens with one attached hydrogen (secondary N) is 1. The molecule has 3 rings (SSSR count). The summed E-state index contributed by atoms with van der Waals surface area (Å²) in [5.41, 5.74) is 8.16. The Labute approximate surface area is 254 Å². The number of carboxylic acids is 1. The Morgan fingerprint density at radius 3 is 2.58 bits per heavy atom. The molecule has 0 spiro atoms. The Bertz CT molecular complexity index is 1330. The SMILES string of the molecule is CC(C)OCC(=O)N(CCCc1cn(CCCC(=O)NCc2ccc(COc3cc(Cl)nc(N)n3)cc2)nn1)CC(=O)O. The zero-order chi connectivity index (χ0) is 31.2. The number of halogens is 1. The minimum absolute atomic E-state index is 0.0388. The van der Waals surface area contributed by atoms with Crippen LogP contribution in [-0.4, -0.2) is 78.6 Å². The summed E-state index contributed by atoms with van der Waals surface area (Å²) in [6, 6.07) is 9.11. The molecule has 0 atom stereocenters. The number of hydrogen-bond acceptors (Lipinski definition) is 10. The van der Waals surface area contributed by atoms with Crippen molar-refractivity contribution in [3.63, 3.8) is 0 Å². The van der Waals surface area contributed by atoms with Crippen LogP contribution in [0.15, 0.2) is 36.5 Å². The topological polar surface area (TPSA) is 188 Å². The number of aromatic nitrogens is 5. The lowest BCUT2D eigenvalue weighted by Crippen LogP contribution is -2.39. The highest BCUT2D eigenvalue weighted by Crippen LogP contribution is 2.16. The van der Waals surface area contributed by atoms with Gasteiger partial charge in [0.1, 0.15) is 24.9 Å². The summed E-state index contributed by atoms with van der Waals surface area (Å²) >= 11 is 5.86. The lowest BCUT2D eigenvalue weighted by molar-refractivity contribution is -0.147. The number of aryl methyl sites for hydroxylation is 2. The molecule has 0 fully saturated rings. The number of carbonyl (C=O) groups is 3. The van der Waals surface area contributed by atoms with Crippen LogP contribution in [0.3, 0.4) is 0 Å². The first-order chi connectivity index (χ1) is 20.6. The number of hydrogen-bond donors (Lipinski definition) is 3. The number of benzene rings is 1. The van der Waals surface area contributed by atoms with Gasteiger partial charge in [0.25, 0.3) is 0 Å². The van der Waals surface area contributed by atoms with E-state index < -0.39 is 5.97 Å². The van der Waals surface area contributed by atoms with Gasteiger partial charge in [-0.3, -0.25) is 19.1 Å². The molecule has 43 heavy (non-hydrogen) atoms. The van der Waals surface area contributed by atoms with Crippen LogP contribution in [0, 0.1) is 0 Å². The molecule has 1 aromatic carbocycles. The lowest BCUT2D eigenvalue weighted by Gasteiger charge is -2.21. The Morgan fingerprint density at radius 2 is 1.88 bits per heavy atom. The van der Waals surface area contributed by atoms with Gasteiger partial charge in [0.2, 0.25) is 23.6 Å². The number of amides is 2. The van der Waals surface area contributed by atoms with Gasteiger partial charge in [-0.25, -0.2) is 4.98 Å². The van der Waals surface area contributed by atoms with Gasteiger partial charge in [0.05, 0.1) is 11.8 Å². The van der Waals surface area contributed by atoms with Crippen LogP contribution in [0.5, 0.6) is 5.88 Å². The number of carbonyl (C=O) groups excluding carboxylic acids is 2. The standard InChI is InChI=1S/C28H37ClN8O6/c1-19(2)42-18-26(39)36(16-27(40)41)11-3-5-22-15-37(35-34-22)12-4-6-24(38)31-14-20-7-9-21(10-8-20)17-43-25-13-23(29)32-28(30)33-25/h7-10,13,15,19H,3-6,11-12,14,16-18H2,1-2H3,(H,31,38)(H,40,41)(H2,30,32,33). The Morgan fingerprint density at radius 1 is 1.14 bits per heavy atom. The van der Waals surface area contributed by atoms with Gasteiger partial charge in [-0.2, -0.15) is 4.98 Å². The number of anilines is 1. The summed E-state index contributed by atoms with van der Waals surface area (Å²) in [7, 11) is 0. The maximum atomic E-state index is 12.3. The minimum atomic E-state index is -1.08. The van der Waals surface area contributed by atoms with Crippen LogP contribution in [0.2, 0.25) is 5.15 Å². The van der Waals surface area contributed by atoms with Gasteiger partial charge in [0.15, 0.2) is 0 Å². The first kappa shape index (κ1) is 33.2. The molecule has 0 radical (unpaired) electrons. The number of nitrogens with two attached hydrogens (primary N) is 1. The molecule has 4 N–H and O–H groups in total. The molecule has 232 valence electrons. The molecule has 0 saturated heterocycles. The van der Waals surface area contributed by atoms with Crippen molar-refractivity contribution in [3.05, 3.63) is 58.5 Å². The van der Waals surface area contributed by atoms with E-state index in [0.717, 1.165) is 16.8 Å². The third-order valence-corrected chi connectivity index (χ3v) is 6.24. The fourth-order valence-corrected chi connectivity index (χ4v) is 4.07. The van der Waals surface area contributed by atoms with Crippen LogP contribution < -0.4 is 15.8 Å². The Hall–Kier alpha value is -4.30. The molecule has 2 heterocycles. The van der Waals surface area contributed by atoms with Gasteiger partial charge in [-0.1, -0.05) is 41.1 Å². The van der Waals surface area contributed by atoms with E-state index in [1.165, 1.54) is 11.0 Å². The molecular formula is C28H37ClN8O6. The molecule has 0 saturated carbocycles. The Kier molecular flexibility index (Phi) is 13.1. The average Bonchev–Trinajstić information content (AvgIpc) is 3.40. The van der Waals surface area contributed by atoms with Gasteiger partial charge in [-0.15, -0.1) is 5.10 Å². The van der Waals surface area contributed by atoms with Gasteiger partial charge < -0.3 is 30.5 Å². The second-order valence-electron chi connectivity index (χ2n) is 10.0. The highest BCUT2D eigenvalue weighted by molar-refractivity contribution is 6.29. The smallest absolute Gasteiger partial charge is 0.323 e. The molecule has 2 aromatic heterocycles. The average molecular weight is 617 g/mol. The predicted molar refractivity (Wildman–Crippen MR) is 157 cm³/mol. The third kappa shape index (κ3) is 12.6. The summed E-state index contributed by atoms with van der Waals surface area (Å²) in [6.45, 7) is 4.54. The fourth-order valence-electron chi connectivity index (χ4n) is 3.89. The van der Waals surface area contributed by atoms with E-state index in [2.05, 4.69) is 25.6 Å². The molecule has 0 unspecified atom stereocenters. The van der Waals surface area contributed by atoms with Crippen molar-refractivity contribution in [2.24, 2.45) is 0 Å². The number of nitrogen functional groups attached to an aromatic ring is 1. The van der Waals surface area contributed by atoms with Crippen molar-refractivity contribution < 1.29 is 29.0 Å². The van der Waals surface area contributed by atoms with Crippen molar-refractivity contribution >= 4 is 35.3 Å². The maximum Gasteiger partial charge on any atom is 0.323 e. The summed E-state index contributed by atoms with van der Waals surface area (Å²) in [5.74, 6) is -1.19. The fraction of sp³-hybridized carbons (Fsp3) is 0.464. The van der Waals surface area contributed by atoms with Crippen molar-refractivity contribution in [3.8, 4) is 5.88 Å². The zero-order valence-corrected chi connectivity index (χ0v) is 25.0. The quantitative estimate of drug-likeness (QED) is 0.178. The third-order valence-electron chi connectivity index (χ3n) is 6.05. The van der Waals surface area contributed by atoms with Crippen molar-refractivity contribution in [1.82, 2.24) is 35.2 Å². The van der Waals surface area contributed by atoms with Crippen molar-refractivity contribution in [2.45, 2.75) is 65.3 Å². The molecule has 0 bridgehead atoms. The van der Waals surface area contributed by atoms with Gasteiger partial charge >= 0.3 is 5.97 Å². The molecule has 15 heteroatoms. The zero-order valence-electron chi connectivity index (χ0n) is 24.2. The second kappa shape index (κ2) is 17.0. The van der Waals surface area contributed by atoms with Crippen LogP contribution in [0.25, 0.3) is 0 Å². The van der Waals surface area contributed by atoms with E-state index in [0.29, 0.717) is 38.8 Å². The predicted octanol–water partition coefficient (Wildman–Crippen LogP) is 2.25. The largest absolute Gasteiger partial charge is 0.480 e. The van der Waals surface area contributed by atoms with E-state index in [1.807, 2.05) is 38.1 Å². The molecule has 3 aromatic rings. The van der Waals surface area contributed by atoms with Crippen molar-refractivity contribution in [2.75, 3.05) is 25.4 Å². The highest BCUT2D eigenvalue weighted by Gasteiger charge is 2.17. The summed E-state index contributed by atoms with van der Waals surface area (Å²) in [6.07, 6.45) is 3.64. The van der Waals surface area contributed by atoms with Gasteiger partial charge in [0, 0.05) is 38.3 Å². The number of nitrogens with zero attached hydrogens (tertiary/aromatic N) is 6. The molecule has 0 aliphatic heterocycles. The van der Waals surface area contributed by atoms with Crippen LogP contribution in [0.1, 0.15) is 49.9 Å².